The van der Waals surface area contributed by atoms with Crippen LogP contribution in [0.15, 0.2) is 0 Å². The molecule has 0 saturated heterocycles. The van der Waals surface area contributed by atoms with Crippen molar-refractivity contribution in [2.75, 3.05) is 0 Å². The van der Waals surface area contributed by atoms with E-state index in [0.29, 0.717) is 0 Å². The van der Waals surface area contributed by atoms with Gasteiger partial charge in [0.05, 0.1) is 0 Å². The minimum atomic E-state index is 0. The summed E-state index contributed by atoms with van der Waals surface area (Å²) in [5.74, 6) is 0. The van der Waals surface area contributed by atoms with E-state index in [9.17, 15) is 0 Å². The monoisotopic (exact) mass is 244 g/mol. The zero-order valence-corrected chi connectivity index (χ0v) is 15.7. The van der Waals surface area contributed by atoms with Crippen LogP contribution < -0.4 is 51.4 Å². The van der Waals surface area contributed by atoms with Gasteiger partial charge in [-0.3, -0.25) is 0 Å². The molecular formula is H6BCaFeKSiZn. The van der Waals surface area contributed by atoms with Gasteiger partial charge in [-0.1, -0.05) is 0 Å². The van der Waals surface area contributed by atoms with Crippen molar-refractivity contribution in [2.24, 2.45) is 0 Å². The Hall–Kier alpha value is 4.32. The quantitative estimate of drug-likeness (QED) is 0.377. The van der Waals surface area contributed by atoms with Crippen LogP contribution in [-0.2, 0) is 36.5 Å². The minimum Gasteiger partial charge on any atom is -1.00 e. The van der Waals surface area contributed by atoms with E-state index in [-0.39, 0.29) is 130 Å². The second-order valence-corrected chi connectivity index (χ2v) is 0. The van der Waals surface area contributed by atoms with Crippen LogP contribution in [-0.4, -0.2) is 55.3 Å². The zero-order chi connectivity index (χ0) is 2.00. The predicted octanol–water partition coefficient (Wildman–Crippen LogP) is -4.61. The molecule has 0 nitrogen and oxygen atoms in total. The van der Waals surface area contributed by atoms with Crippen molar-refractivity contribution in [2.45, 2.75) is 0 Å². The SMILES string of the molecule is [B][SiH3].[Ca+2].[Fe].[H-].[H-].[H-].[K+].[Zn]. The summed E-state index contributed by atoms with van der Waals surface area (Å²) in [6.07, 6.45) is 0. The second kappa shape index (κ2) is 34.6. The van der Waals surface area contributed by atoms with Gasteiger partial charge in [0.15, 0.2) is 0 Å². The smallest absolute Gasteiger partial charge is 1.00 e. The molecule has 0 N–H and O–H groups in total. The maximum atomic E-state index is 4.64. The van der Waals surface area contributed by atoms with E-state index < -0.39 is 0 Å². The average molecular weight is 245 g/mol. The summed E-state index contributed by atoms with van der Waals surface area (Å²) in [5, 5.41) is 0. The summed E-state index contributed by atoms with van der Waals surface area (Å²) in [4.78, 5) is 0. The molecule has 0 heterocycles. The van der Waals surface area contributed by atoms with E-state index in [1.807, 2.05) is 0 Å². The van der Waals surface area contributed by atoms with E-state index in [1.165, 1.54) is 0 Å². The van der Waals surface area contributed by atoms with Crippen LogP contribution >= 0.6 is 0 Å². The first-order valence-electron chi connectivity index (χ1n) is 0.577. The van der Waals surface area contributed by atoms with Crippen LogP contribution in [0.2, 0.25) is 0 Å². The average Bonchev–Trinajstić information content (AvgIpc) is 1.00. The van der Waals surface area contributed by atoms with Gasteiger partial charge in [-0.05, 0) is 10.1 Å². The van der Waals surface area contributed by atoms with E-state index in [0.717, 1.165) is 10.1 Å². The van der Waals surface area contributed by atoms with Crippen molar-refractivity contribution in [1.82, 2.24) is 0 Å². The summed E-state index contributed by atoms with van der Waals surface area (Å²) in [7, 11) is 5.44. The molecule has 26 valence electrons. The minimum absolute atomic E-state index is 0. The number of hydrogen-bond acceptors (Lipinski definition) is 0. The number of hydrogen-bond donors (Lipinski definition) is 0. The summed E-state index contributed by atoms with van der Waals surface area (Å²) < 4.78 is 0. The van der Waals surface area contributed by atoms with Crippen molar-refractivity contribution in [3.63, 3.8) is 0 Å². The van der Waals surface area contributed by atoms with Crippen LogP contribution in [0.3, 0.4) is 0 Å². The van der Waals surface area contributed by atoms with Gasteiger partial charge in [0, 0.05) is 44.0 Å². The van der Waals surface area contributed by atoms with Gasteiger partial charge in [-0.2, -0.15) is 0 Å². The third-order valence-electron chi connectivity index (χ3n) is 0. The third kappa shape index (κ3) is 23.9. The van der Waals surface area contributed by atoms with E-state index in [4.69, 9.17) is 0 Å². The molecular weight excluding hydrogens is 239 g/mol. The molecule has 0 fully saturated rings. The van der Waals surface area contributed by atoms with Gasteiger partial charge < -0.3 is 4.28 Å². The van der Waals surface area contributed by atoms with E-state index >= 15 is 0 Å². The maximum Gasteiger partial charge on any atom is 2.00 e. The van der Waals surface area contributed by atoms with Crippen molar-refractivity contribution in [3.8, 4) is 0 Å². The van der Waals surface area contributed by atoms with E-state index in [2.05, 4.69) is 7.44 Å². The van der Waals surface area contributed by atoms with Crippen LogP contribution in [0.4, 0.5) is 0 Å². The Morgan fingerprint density at radius 3 is 1.33 bits per heavy atom. The Balaban J connectivity index is -0.000000000238. The molecule has 0 aromatic carbocycles. The Morgan fingerprint density at radius 2 is 1.33 bits per heavy atom. The molecule has 6 heavy (non-hydrogen) atoms. The van der Waals surface area contributed by atoms with Gasteiger partial charge >= 0.3 is 89.1 Å². The van der Waals surface area contributed by atoms with Gasteiger partial charge in [-0.25, -0.2) is 0 Å². The van der Waals surface area contributed by atoms with Crippen LogP contribution in [0.25, 0.3) is 0 Å². The summed E-state index contributed by atoms with van der Waals surface area (Å²) >= 11 is 0. The first-order chi connectivity index (χ1) is 1.00. The standard InChI is InChI=1S/BH3Si.Ca.Fe.K.Zn.3H/c1-2;;;;;;;/h2H3;;;;;;;/q;+2;;+1;;3*-1. The van der Waals surface area contributed by atoms with Crippen molar-refractivity contribution >= 4 is 55.3 Å². The molecule has 0 rings (SSSR count). The second-order valence-electron chi connectivity index (χ2n) is 0. The van der Waals surface area contributed by atoms with Gasteiger partial charge in [0.2, 0.25) is 0 Å². The first-order valence-corrected chi connectivity index (χ1v) is 1.73. The van der Waals surface area contributed by atoms with Gasteiger partial charge in [-0.15, -0.1) is 0 Å². The third-order valence-corrected chi connectivity index (χ3v) is 0. The normalized spacial score (nSPS) is 1.33. The van der Waals surface area contributed by atoms with Crippen LogP contribution in [0.5, 0.6) is 0 Å². The molecule has 0 aliphatic heterocycles. The molecule has 0 saturated carbocycles. The molecule has 0 unspecified atom stereocenters. The maximum absolute atomic E-state index is 4.64. The van der Waals surface area contributed by atoms with Gasteiger partial charge in [0.25, 0.3) is 0 Å². The molecule has 0 aromatic heterocycles. The largest absolute Gasteiger partial charge is 2.00 e. The number of rotatable bonds is 0. The van der Waals surface area contributed by atoms with Gasteiger partial charge in [0.1, 0.15) is 0 Å². The van der Waals surface area contributed by atoms with Crippen LogP contribution in [0.1, 0.15) is 4.28 Å². The summed E-state index contributed by atoms with van der Waals surface area (Å²) in [5.41, 5.74) is 0. The topological polar surface area (TPSA) is 0 Å². The molecule has 0 aromatic rings. The molecule has 0 amide bonds. The summed E-state index contributed by atoms with van der Waals surface area (Å²) in [6, 6.07) is 0. The zero-order valence-electron chi connectivity index (χ0n) is 7.35. The van der Waals surface area contributed by atoms with Crippen molar-refractivity contribution in [3.05, 3.63) is 0 Å². The fraction of sp³-hybridized carbons (Fsp3) is 0. The Labute approximate surface area is 144 Å². The molecule has 0 aliphatic carbocycles. The molecule has 6 heteroatoms. The molecule has 0 aliphatic rings. The van der Waals surface area contributed by atoms with Crippen LogP contribution in [0, 0.1) is 0 Å². The molecule has 0 atom stereocenters. The fourth-order valence-electron chi connectivity index (χ4n) is 0. The molecule has 0 spiro atoms. The fourth-order valence-corrected chi connectivity index (χ4v) is 0. The van der Waals surface area contributed by atoms with Crippen molar-refractivity contribution < 1.29 is 92.2 Å². The van der Waals surface area contributed by atoms with E-state index in [1.54, 1.807) is 0 Å². The Morgan fingerprint density at radius 1 is 1.33 bits per heavy atom. The molecule has 2 radical (unpaired) electrons. The Kier molecular flexibility index (Phi) is 182. The van der Waals surface area contributed by atoms with Crippen molar-refractivity contribution in [1.29, 1.82) is 0 Å². The summed E-state index contributed by atoms with van der Waals surface area (Å²) in [6.45, 7) is 0. The predicted molar refractivity (Wildman–Crippen MR) is 24.8 cm³/mol. The Bertz CT molecular complexity index is 23.8. The first kappa shape index (κ1) is 31.7. The molecule has 0 bridgehead atoms.